The summed E-state index contributed by atoms with van der Waals surface area (Å²) in [4.78, 5) is 10.8. The van der Waals surface area contributed by atoms with Gasteiger partial charge in [0, 0.05) is 11.6 Å². The van der Waals surface area contributed by atoms with Crippen LogP contribution in [0.25, 0.3) is 0 Å². The highest BCUT2D eigenvalue weighted by Crippen LogP contribution is 2.37. The van der Waals surface area contributed by atoms with Crippen LogP contribution in [0.4, 0.5) is 11.4 Å². The first-order valence-electron chi connectivity index (χ1n) is 7.40. The zero-order chi connectivity index (χ0) is 17.5. The molecular weight excluding hydrogens is 310 g/mol. The summed E-state index contributed by atoms with van der Waals surface area (Å²) >= 11 is 0. The Morgan fingerprint density at radius 2 is 2.00 bits per heavy atom. The van der Waals surface area contributed by atoms with Crippen LogP contribution in [0.1, 0.15) is 18.1 Å². The molecule has 7 nitrogen and oxygen atoms in total. The van der Waals surface area contributed by atoms with Gasteiger partial charge in [-0.05, 0) is 32.0 Å². The lowest BCUT2D eigenvalue weighted by Gasteiger charge is -2.10. The Morgan fingerprint density at radius 3 is 2.58 bits per heavy atom. The average molecular weight is 329 g/mol. The second-order valence-electron chi connectivity index (χ2n) is 5.00. The highest BCUT2D eigenvalue weighted by Gasteiger charge is 2.21. The molecule has 2 aromatic rings. The molecule has 0 saturated heterocycles. The lowest BCUT2D eigenvalue weighted by molar-refractivity contribution is -0.385. The highest BCUT2D eigenvalue weighted by molar-refractivity contribution is 5.83. The maximum Gasteiger partial charge on any atom is 0.315 e. The van der Waals surface area contributed by atoms with Crippen molar-refractivity contribution in [3.8, 4) is 11.5 Å². The van der Waals surface area contributed by atoms with Crippen molar-refractivity contribution in [2.75, 3.05) is 19.1 Å². The van der Waals surface area contributed by atoms with Gasteiger partial charge in [0.1, 0.15) is 0 Å². The van der Waals surface area contributed by atoms with Crippen LogP contribution in [-0.4, -0.2) is 24.9 Å². The second kappa shape index (κ2) is 7.96. The molecule has 0 fully saturated rings. The summed E-state index contributed by atoms with van der Waals surface area (Å²) in [6.07, 6.45) is 1.49. The number of methoxy groups -OCH3 is 1. The molecule has 7 heteroatoms. The second-order valence-corrected chi connectivity index (χ2v) is 5.00. The number of hydrazone groups is 1. The normalized spacial score (nSPS) is 10.6. The van der Waals surface area contributed by atoms with Crippen LogP contribution in [0.2, 0.25) is 0 Å². The summed E-state index contributed by atoms with van der Waals surface area (Å²) in [7, 11) is 1.44. The third-order valence-corrected chi connectivity index (χ3v) is 3.22. The fraction of sp³-hybridized carbons (Fsp3) is 0.235. The summed E-state index contributed by atoms with van der Waals surface area (Å²) in [5, 5.41) is 15.4. The van der Waals surface area contributed by atoms with E-state index in [9.17, 15) is 10.1 Å². The van der Waals surface area contributed by atoms with Crippen molar-refractivity contribution in [1.82, 2.24) is 0 Å². The average Bonchev–Trinajstić information content (AvgIpc) is 2.57. The van der Waals surface area contributed by atoms with Gasteiger partial charge in [-0.3, -0.25) is 15.5 Å². The van der Waals surface area contributed by atoms with Gasteiger partial charge in [-0.1, -0.05) is 17.7 Å². The quantitative estimate of drug-likeness (QED) is 0.475. The predicted octanol–water partition coefficient (Wildman–Crippen LogP) is 3.76. The largest absolute Gasteiger partial charge is 0.493 e. The molecule has 2 aromatic carbocycles. The summed E-state index contributed by atoms with van der Waals surface area (Å²) in [6, 6.07) is 10.7. The number of hydrogen-bond donors (Lipinski definition) is 1. The fourth-order valence-corrected chi connectivity index (χ4v) is 2.07. The molecule has 0 radical (unpaired) electrons. The molecule has 0 aromatic heterocycles. The number of nitrogens with one attached hydrogen (secondary N) is 1. The van der Waals surface area contributed by atoms with Gasteiger partial charge in [0.2, 0.25) is 5.75 Å². The van der Waals surface area contributed by atoms with E-state index >= 15 is 0 Å². The van der Waals surface area contributed by atoms with Gasteiger partial charge in [0.15, 0.2) is 5.75 Å². The molecule has 1 N–H and O–H groups in total. The number of nitro groups is 1. The Labute approximate surface area is 140 Å². The van der Waals surface area contributed by atoms with E-state index in [0.29, 0.717) is 17.9 Å². The molecule has 24 heavy (non-hydrogen) atoms. The van der Waals surface area contributed by atoms with Crippen molar-refractivity contribution < 1.29 is 14.4 Å². The van der Waals surface area contributed by atoms with Crippen molar-refractivity contribution in [1.29, 1.82) is 0 Å². The summed E-state index contributed by atoms with van der Waals surface area (Å²) < 4.78 is 10.5. The van der Waals surface area contributed by atoms with Crippen molar-refractivity contribution in [2.45, 2.75) is 13.8 Å². The molecule has 126 valence electrons. The summed E-state index contributed by atoms with van der Waals surface area (Å²) in [5.74, 6) is 0.413. The molecule has 0 bridgehead atoms. The minimum Gasteiger partial charge on any atom is -0.493 e. The Hall–Kier alpha value is -3.09. The number of hydrogen-bond acceptors (Lipinski definition) is 6. The first kappa shape index (κ1) is 17.3. The Kier molecular flexibility index (Phi) is 5.73. The van der Waals surface area contributed by atoms with E-state index in [1.54, 1.807) is 13.0 Å². The topological polar surface area (TPSA) is 86.0 Å². The maximum atomic E-state index is 11.3. The molecule has 0 aliphatic rings. The molecule has 0 aliphatic heterocycles. The Balaban J connectivity index is 2.26. The van der Waals surface area contributed by atoms with Crippen LogP contribution in [-0.2, 0) is 0 Å². The zero-order valence-electron chi connectivity index (χ0n) is 13.8. The van der Waals surface area contributed by atoms with Gasteiger partial charge < -0.3 is 9.47 Å². The number of benzene rings is 2. The van der Waals surface area contributed by atoms with E-state index in [1.165, 1.54) is 19.4 Å². The fourth-order valence-electron chi connectivity index (χ4n) is 2.07. The first-order valence-corrected chi connectivity index (χ1v) is 7.40. The monoisotopic (exact) mass is 329 g/mol. The van der Waals surface area contributed by atoms with E-state index in [4.69, 9.17) is 9.47 Å². The molecule has 0 aliphatic carbocycles. The van der Waals surface area contributed by atoms with Crippen molar-refractivity contribution in [3.05, 3.63) is 57.6 Å². The molecule has 2 rings (SSSR count). The minimum atomic E-state index is -0.502. The smallest absolute Gasteiger partial charge is 0.315 e. The van der Waals surface area contributed by atoms with Crippen LogP contribution in [0.5, 0.6) is 11.5 Å². The van der Waals surface area contributed by atoms with E-state index in [1.807, 2.05) is 31.2 Å². The van der Waals surface area contributed by atoms with Crippen LogP contribution in [0.3, 0.4) is 0 Å². The first-order chi connectivity index (χ1) is 11.5. The third-order valence-electron chi connectivity index (χ3n) is 3.22. The molecule has 0 atom stereocenters. The Morgan fingerprint density at radius 1 is 1.29 bits per heavy atom. The minimum absolute atomic E-state index is 0.119. The van der Waals surface area contributed by atoms with Gasteiger partial charge in [-0.25, -0.2) is 0 Å². The molecule has 0 spiro atoms. The van der Waals surface area contributed by atoms with Gasteiger partial charge in [-0.2, -0.15) is 5.10 Å². The van der Waals surface area contributed by atoms with Gasteiger partial charge in [0.25, 0.3) is 0 Å². The summed E-state index contributed by atoms with van der Waals surface area (Å²) in [5.41, 5.74) is 5.22. The lowest BCUT2D eigenvalue weighted by atomic mass is 10.2. The number of aryl methyl sites for hydroxylation is 1. The van der Waals surface area contributed by atoms with E-state index < -0.39 is 4.92 Å². The predicted molar refractivity (Wildman–Crippen MR) is 93.2 cm³/mol. The molecule has 0 unspecified atom stereocenters. The van der Waals surface area contributed by atoms with Crippen molar-refractivity contribution >= 4 is 17.6 Å². The third kappa shape index (κ3) is 4.22. The standard InChI is InChI=1S/C17H19N3O4/c1-4-24-17-15(20(21)22)9-13(10-16(17)23-3)11-18-19-14-7-5-12(2)6-8-14/h5-11,19H,4H2,1-3H3/b18-11+. The van der Waals surface area contributed by atoms with E-state index in [0.717, 1.165) is 11.3 Å². The van der Waals surface area contributed by atoms with Crippen LogP contribution >= 0.6 is 0 Å². The maximum absolute atomic E-state index is 11.3. The SMILES string of the molecule is CCOc1c(OC)cc(/C=N/Nc2ccc(C)cc2)cc1[N+](=O)[O-]. The van der Waals surface area contributed by atoms with Gasteiger partial charge in [-0.15, -0.1) is 0 Å². The molecular formula is C17H19N3O4. The number of anilines is 1. The molecule has 0 amide bonds. The summed E-state index contributed by atoms with van der Waals surface area (Å²) in [6.45, 7) is 4.06. The molecule has 0 saturated carbocycles. The van der Waals surface area contributed by atoms with Crippen LogP contribution in [0, 0.1) is 17.0 Å². The number of nitrogens with zero attached hydrogens (tertiary/aromatic N) is 2. The lowest BCUT2D eigenvalue weighted by Crippen LogP contribution is -2.02. The van der Waals surface area contributed by atoms with Gasteiger partial charge >= 0.3 is 5.69 Å². The zero-order valence-corrected chi connectivity index (χ0v) is 13.8. The van der Waals surface area contributed by atoms with E-state index in [-0.39, 0.29) is 11.4 Å². The van der Waals surface area contributed by atoms with Gasteiger partial charge in [0.05, 0.1) is 30.5 Å². The van der Waals surface area contributed by atoms with Crippen molar-refractivity contribution in [3.63, 3.8) is 0 Å². The number of nitro benzene ring substituents is 1. The number of rotatable bonds is 7. The van der Waals surface area contributed by atoms with E-state index in [2.05, 4.69) is 10.5 Å². The Bertz CT molecular complexity index is 742. The molecule has 0 heterocycles. The van der Waals surface area contributed by atoms with Crippen LogP contribution in [0.15, 0.2) is 41.5 Å². The number of ether oxygens (including phenoxy) is 2. The van der Waals surface area contributed by atoms with Crippen molar-refractivity contribution in [2.24, 2.45) is 5.10 Å². The highest BCUT2D eigenvalue weighted by atomic mass is 16.6. The van der Waals surface area contributed by atoms with Crippen LogP contribution < -0.4 is 14.9 Å².